The van der Waals surface area contributed by atoms with E-state index in [4.69, 9.17) is 16.3 Å². The number of ether oxygens (including phenoxy) is 1. The molecule has 6 heteroatoms. The predicted molar refractivity (Wildman–Crippen MR) is 89.5 cm³/mol. The number of amides is 1. The first-order valence-corrected chi connectivity index (χ1v) is 8.16. The molecule has 1 aliphatic rings. The average Bonchev–Trinajstić information content (AvgIpc) is 3.10. The zero-order valence-corrected chi connectivity index (χ0v) is 13.8. The molecule has 3 rings (SSSR count). The Morgan fingerprint density at radius 2 is 2.00 bits per heavy atom. The lowest BCUT2D eigenvalue weighted by atomic mass is 10.2. The highest BCUT2D eigenvalue weighted by atomic mass is 35.5. The molecular formula is C18H17ClN2O3. The zero-order chi connectivity index (χ0) is 16.9. The van der Waals surface area contributed by atoms with Gasteiger partial charge >= 0.3 is 5.97 Å². The van der Waals surface area contributed by atoms with Gasteiger partial charge in [-0.3, -0.25) is 4.79 Å². The van der Waals surface area contributed by atoms with Crippen molar-refractivity contribution >= 4 is 23.5 Å². The fourth-order valence-electron chi connectivity index (χ4n) is 2.75. The van der Waals surface area contributed by atoms with E-state index < -0.39 is 6.04 Å². The van der Waals surface area contributed by atoms with E-state index in [2.05, 4.69) is 4.98 Å². The number of hydrogen-bond donors (Lipinski definition) is 0. The second kappa shape index (κ2) is 7.45. The number of nitrogens with zero attached hydrogens (tertiary/aromatic N) is 2. The largest absolute Gasteiger partial charge is 0.459 e. The molecule has 0 spiro atoms. The van der Waals surface area contributed by atoms with Crippen LogP contribution in [0.15, 0.2) is 48.7 Å². The van der Waals surface area contributed by atoms with Gasteiger partial charge in [-0.15, -0.1) is 0 Å². The number of likely N-dealkylation sites (tertiary alicyclic amines) is 1. The molecule has 1 saturated heterocycles. The lowest BCUT2D eigenvalue weighted by molar-refractivity contribution is -0.149. The quantitative estimate of drug-likeness (QED) is 0.631. The molecule has 0 bridgehead atoms. The van der Waals surface area contributed by atoms with Crippen molar-refractivity contribution < 1.29 is 14.3 Å². The molecule has 2 aromatic rings. The van der Waals surface area contributed by atoms with E-state index in [0.717, 1.165) is 12.0 Å². The third kappa shape index (κ3) is 3.74. The zero-order valence-electron chi connectivity index (χ0n) is 13.0. The molecular weight excluding hydrogens is 328 g/mol. The van der Waals surface area contributed by atoms with Crippen LogP contribution in [0.5, 0.6) is 0 Å². The molecule has 1 fully saturated rings. The number of hydrogen-bond acceptors (Lipinski definition) is 4. The molecule has 0 aliphatic carbocycles. The summed E-state index contributed by atoms with van der Waals surface area (Å²) in [6.45, 7) is 0.743. The summed E-state index contributed by atoms with van der Waals surface area (Å²) >= 11 is 5.74. The third-order valence-corrected chi connectivity index (χ3v) is 4.21. The van der Waals surface area contributed by atoms with Crippen LogP contribution in [0.1, 0.15) is 28.8 Å². The van der Waals surface area contributed by atoms with Crippen molar-refractivity contribution in [1.82, 2.24) is 9.88 Å². The van der Waals surface area contributed by atoms with Gasteiger partial charge in [-0.25, -0.2) is 9.78 Å². The molecule has 1 amide bonds. The number of esters is 1. The molecule has 5 nitrogen and oxygen atoms in total. The number of halogens is 1. The first kappa shape index (κ1) is 16.5. The van der Waals surface area contributed by atoms with Gasteiger partial charge in [-0.1, -0.05) is 41.9 Å². The first-order chi connectivity index (χ1) is 11.6. The minimum Gasteiger partial charge on any atom is -0.459 e. The standard InChI is InChI=1S/C18H17ClN2O3/c19-16-9-8-14(11-20-16)17(22)21-10-4-7-15(21)18(23)24-12-13-5-2-1-3-6-13/h1-3,5-6,8-9,11,15H,4,7,10,12H2/t15-/m0/s1. The Labute approximate surface area is 145 Å². The number of carbonyl (C=O) groups excluding carboxylic acids is 2. The number of aromatic nitrogens is 1. The van der Waals surface area contributed by atoms with E-state index >= 15 is 0 Å². The fourth-order valence-corrected chi connectivity index (χ4v) is 2.86. The Morgan fingerprint density at radius 3 is 2.71 bits per heavy atom. The third-order valence-electron chi connectivity index (χ3n) is 3.98. The van der Waals surface area contributed by atoms with Gasteiger partial charge < -0.3 is 9.64 Å². The van der Waals surface area contributed by atoms with Crippen LogP contribution in [0.4, 0.5) is 0 Å². The lowest BCUT2D eigenvalue weighted by Gasteiger charge is -2.23. The maximum Gasteiger partial charge on any atom is 0.329 e. The van der Waals surface area contributed by atoms with Crippen LogP contribution in [0, 0.1) is 0 Å². The highest BCUT2D eigenvalue weighted by molar-refractivity contribution is 6.29. The van der Waals surface area contributed by atoms with Crippen LogP contribution in [0.2, 0.25) is 5.15 Å². The van der Waals surface area contributed by atoms with E-state index in [9.17, 15) is 9.59 Å². The summed E-state index contributed by atoms with van der Waals surface area (Å²) < 4.78 is 5.38. The molecule has 124 valence electrons. The second-order valence-corrected chi connectivity index (χ2v) is 6.01. The van der Waals surface area contributed by atoms with Gasteiger partial charge in [0.05, 0.1) is 5.56 Å². The van der Waals surface area contributed by atoms with Crippen molar-refractivity contribution in [3.05, 3.63) is 64.9 Å². The van der Waals surface area contributed by atoms with Gasteiger partial charge in [0.15, 0.2) is 0 Å². The highest BCUT2D eigenvalue weighted by Crippen LogP contribution is 2.22. The van der Waals surface area contributed by atoms with Crippen molar-refractivity contribution in [2.45, 2.75) is 25.5 Å². The number of rotatable bonds is 4. The molecule has 1 atom stereocenters. The summed E-state index contributed by atoms with van der Waals surface area (Å²) in [7, 11) is 0. The molecule has 0 saturated carbocycles. The van der Waals surface area contributed by atoms with Crippen LogP contribution < -0.4 is 0 Å². The Kier molecular flexibility index (Phi) is 5.11. The van der Waals surface area contributed by atoms with E-state index in [0.29, 0.717) is 23.7 Å². The minimum absolute atomic E-state index is 0.209. The van der Waals surface area contributed by atoms with Gasteiger partial charge in [0.1, 0.15) is 17.8 Å². The monoisotopic (exact) mass is 344 g/mol. The first-order valence-electron chi connectivity index (χ1n) is 7.78. The van der Waals surface area contributed by atoms with Crippen molar-refractivity contribution in [3.63, 3.8) is 0 Å². The highest BCUT2D eigenvalue weighted by Gasteiger charge is 2.35. The van der Waals surface area contributed by atoms with Gasteiger partial charge in [-0.05, 0) is 30.5 Å². The van der Waals surface area contributed by atoms with Gasteiger partial charge in [-0.2, -0.15) is 0 Å². The van der Waals surface area contributed by atoms with E-state index in [1.807, 2.05) is 30.3 Å². The molecule has 0 unspecified atom stereocenters. The number of benzene rings is 1. The van der Waals surface area contributed by atoms with Crippen LogP contribution in [-0.4, -0.2) is 34.3 Å². The van der Waals surface area contributed by atoms with Crippen molar-refractivity contribution in [2.24, 2.45) is 0 Å². The van der Waals surface area contributed by atoms with Gasteiger partial charge in [0, 0.05) is 12.7 Å². The second-order valence-electron chi connectivity index (χ2n) is 5.62. The van der Waals surface area contributed by atoms with Gasteiger partial charge in [0.25, 0.3) is 5.91 Å². The summed E-state index contributed by atoms with van der Waals surface area (Å²) in [6.07, 6.45) is 2.81. The van der Waals surface area contributed by atoms with Crippen LogP contribution in [0.25, 0.3) is 0 Å². The molecule has 0 radical (unpaired) electrons. The van der Waals surface area contributed by atoms with E-state index in [1.165, 1.54) is 6.20 Å². The normalized spacial score (nSPS) is 16.9. The van der Waals surface area contributed by atoms with Crippen molar-refractivity contribution in [2.75, 3.05) is 6.54 Å². The average molecular weight is 345 g/mol. The van der Waals surface area contributed by atoms with Crippen LogP contribution in [-0.2, 0) is 16.1 Å². The molecule has 1 aliphatic heterocycles. The smallest absolute Gasteiger partial charge is 0.329 e. The van der Waals surface area contributed by atoms with Crippen LogP contribution >= 0.6 is 11.6 Å². The number of pyridine rings is 1. The Balaban J connectivity index is 1.65. The van der Waals surface area contributed by atoms with Gasteiger partial charge in [0.2, 0.25) is 0 Å². The summed E-state index contributed by atoms with van der Waals surface area (Å²) in [5, 5.41) is 0.326. The molecule has 0 N–H and O–H groups in total. The van der Waals surface area contributed by atoms with Crippen molar-refractivity contribution in [1.29, 1.82) is 0 Å². The summed E-state index contributed by atoms with van der Waals surface area (Å²) in [4.78, 5) is 30.4. The Bertz CT molecular complexity index is 719. The molecule has 2 heterocycles. The summed E-state index contributed by atoms with van der Waals surface area (Å²) in [5.41, 5.74) is 1.34. The number of carbonyl (C=O) groups is 2. The molecule has 1 aromatic carbocycles. The Hall–Kier alpha value is -2.40. The SMILES string of the molecule is O=C(OCc1ccccc1)[C@@H]1CCCN1C(=O)c1ccc(Cl)nc1. The Morgan fingerprint density at radius 1 is 1.21 bits per heavy atom. The summed E-state index contributed by atoms with van der Waals surface area (Å²) in [6, 6.07) is 12.1. The predicted octanol–water partition coefficient (Wildman–Crippen LogP) is 3.08. The lowest BCUT2D eigenvalue weighted by Crippen LogP contribution is -2.41. The maximum atomic E-state index is 12.6. The summed E-state index contributed by atoms with van der Waals surface area (Å²) in [5.74, 6) is -0.593. The molecule has 24 heavy (non-hydrogen) atoms. The maximum absolute atomic E-state index is 12.6. The van der Waals surface area contributed by atoms with Crippen molar-refractivity contribution in [3.8, 4) is 0 Å². The van der Waals surface area contributed by atoms with E-state index in [1.54, 1.807) is 17.0 Å². The van der Waals surface area contributed by atoms with Crippen LogP contribution in [0.3, 0.4) is 0 Å². The molecule has 1 aromatic heterocycles. The topological polar surface area (TPSA) is 59.5 Å². The minimum atomic E-state index is -0.545. The van der Waals surface area contributed by atoms with E-state index in [-0.39, 0.29) is 18.5 Å². The fraction of sp³-hybridized carbons (Fsp3) is 0.278.